The highest BCUT2D eigenvalue weighted by Gasteiger charge is 2.33. The highest BCUT2D eigenvalue weighted by atomic mass is 19.4. The molecule has 0 fully saturated rings. The Hall–Kier alpha value is -4.38. The molecule has 1 aromatic heterocycles. The molecule has 0 saturated heterocycles. The number of hydrogen-bond donors (Lipinski definition) is 1. The van der Waals surface area contributed by atoms with Crippen LogP contribution >= 0.6 is 0 Å². The first-order valence-electron chi connectivity index (χ1n) is 9.49. The van der Waals surface area contributed by atoms with Crippen LogP contribution in [0.5, 0.6) is 0 Å². The molecular formula is C24H15F3N4O. The van der Waals surface area contributed by atoms with Gasteiger partial charge in [-0.3, -0.25) is 4.79 Å². The first-order chi connectivity index (χ1) is 15.4. The van der Waals surface area contributed by atoms with E-state index < -0.39 is 17.6 Å². The Morgan fingerprint density at radius 1 is 0.969 bits per heavy atom. The van der Waals surface area contributed by atoms with E-state index >= 15 is 0 Å². The van der Waals surface area contributed by atoms with Crippen LogP contribution in [0.15, 0.2) is 85.1 Å². The monoisotopic (exact) mass is 432 g/mol. The molecule has 0 radical (unpaired) electrons. The van der Waals surface area contributed by atoms with Gasteiger partial charge in [0.2, 0.25) is 0 Å². The van der Waals surface area contributed by atoms with Gasteiger partial charge in [-0.05, 0) is 53.6 Å². The molecule has 1 N–H and O–H groups in total. The number of benzene rings is 3. The molecule has 8 heteroatoms. The minimum Gasteiger partial charge on any atom is -0.321 e. The number of carbonyl (C=O) groups is 1. The van der Waals surface area contributed by atoms with Crippen molar-refractivity contribution in [1.29, 1.82) is 5.26 Å². The van der Waals surface area contributed by atoms with Gasteiger partial charge in [-0.25, -0.2) is 4.68 Å². The second kappa shape index (κ2) is 8.40. The maximum Gasteiger partial charge on any atom is 0.417 e. The summed E-state index contributed by atoms with van der Waals surface area (Å²) in [4.78, 5) is 12.8. The summed E-state index contributed by atoms with van der Waals surface area (Å²) in [5.74, 6) is -0.451. The topological polar surface area (TPSA) is 70.7 Å². The van der Waals surface area contributed by atoms with Crippen LogP contribution in [0.25, 0.3) is 16.8 Å². The van der Waals surface area contributed by atoms with E-state index in [1.54, 1.807) is 30.3 Å². The van der Waals surface area contributed by atoms with E-state index in [9.17, 15) is 18.0 Å². The first-order valence-corrected chi connectivity index (χ1v) is 9.49. The van der Waals surface area contributed by atoms with Gasteiger partial charge in [0, 0.05) is 5.69 Å². The molecule has 4 rings (SSSR count). The van der Waals surface area contributed by atoms with Crippen molar-refractivity contribution in [2.45, 2.75) is 6.18 Å². The second-order valence-electron chi connectivity index (χ2n) is 6.87. The Kier molecular flexibility index (Phi) is 5.48. The largest absolute Gasteiger partial charge is 0.417 e. The highest BCUT2D eigenvalue weighted by Crippen LogP contribution is 2.37. The number of rotatable bonds is 4. The van der Waals surface area contributed by atoms with Gasteiger partial charge >= 0.3 is 6.18 Å². The Morgan fingerprint density at radius 2 is 1.72 bits per heavy atom. The first kappa shape index (κ1) is 20.9. The molecule has 0 aliphatic heterocycles. The molecule has 5 nitrogen and oxygen atoms in total. The van der Waals surface area contributed by atoms with Crippen LogP contribution in [-0.2, 0) is 6.18 Å². The van der Waals surface area contributed by atoms with Crippen molar-refractivity contribution in [3.63, 3.8) is 0 Å². The molecule has 0 spiro atoms. The zero-order valence-electron chi connectivity index (χ0n) is 16.5. The maximum absolute atomic E-state index is 13.3. The second-order valence-corrected chi connectivity index (χ2v) is 6.87. The number of halogens is 3. The van der Waals surface area contributed by atoms with Crippen LogP contribution in [0.1, 0.15) is 21.6 Å². The van der Waals surface area contributed by atoms with E-state index in [4.69, 9.17) is 5.26 Å². The minimum atomic E-state index is -4.47. The molecule has 1 heterocycles. The molecule has 3 aromatic carbocycles. The predicted molar refractivity (Wildman–Crippen MR) is 113 cm³/mol. The Labute approximate surface area is 181 Å². The average molecular weight is 432 g/mol. The average Bonchev–Trinajstić information content (AvgIpc) is 3.29. The Balaban J connectivity index is 1.57. The smallest absolute Gasteiger partial charge is 0.321 e. The lowest BCUT2D eigenvalue weighted by Gasteiger charge is -2.13. The van der Waals surface area contributed by atoms with Crippen molar-refractivity contribution in [3.8, 4) is 22.9 Å². The van der Waals surface area contributed by atoms with Crippen molar-refractivity contribution < 1.29 is 18.0 Å². The van der Waals surface area contributed by atoms with Gasteiger partial charge in [-0.2, -0.15) is 23.5 Å². The summed E-state index contributed by atoms with van der Waals surface area (Å²) >= 11 is 0. The summed E-state index contributed by atoms with van der Waals surface area (Å²) < 4.78 is 41.3. The van der Waals surface area contributed by atoms with E-state index in [1.807, 2.05) is 6.07 Å². The minimum absolute atomic E-state index is 0.0633. The maximum atomic E-state index is 13.3. The number of amides is 1. The quantitative estimate of drug-likeness (QED) is 0.451. The van der Waals surface area contributed by atoms with Crippen LogP contribution in [0.3, 0.4) is 0 Å². The van der Waals surface area contributed by atoms with E-state index in [0.29, 0.717) is 22.5 Å². The zero-order chi connectivity index (χ0) is 22.7. The van der Waals surface area contributed by atoms with Gasteiger partial charge in [0.1, 0.15) is 5.69 Å². The summed E-state index contributed by atoms with van der Waals surface area (Å²) in [6.07, 6.45) is -3.00. The van der Waals surface area contributed by atoms with Crippen LogP contribution < -0.4 is 5.32 Å². The van der Waals surface area contributed by atoms with E-state index in [0.717, 1.165) is 6.07 Å². The molecule has 0 saturated carbocycles. The van der Waals surface area contributed by atoms with Crippen molar-refractivity contribution in [2.75, 3.05) is 5.32 Å². The van der Waals surface area contributed by atoms with E-state index in [2.05, 4.69) is 10.4 Å². The molecule has 0 bridgehead atoms. The fourth-order valence-electron chi connectivity index (χ4n) is 3.30. The predicted octanol–water partition coefficient (Wildman–Crippen LogP) is 5.68. The molecule has 1 amide bonds. The highest BCUT2D eigenvalue weighted by molar-refractivity contribution is 6.03. The number of alkyl halides is 3. The van der Waals surface area contributed by atoms with Crippen LogP contribution in [0.2, 0.25) is 0 Å². The van der Waals surface area contributed by atoms with E-state index in [1.165, 1.54) is 53.3 Å². The summed E-state index contributed by atoms with van der Waals surface area (Å²) in [6, 6.07) is 21.7. The van der Waals surface area contributed by atoms with Gasteiger partial charge in [0.05, 0.1) is 29.1 Å². The standard InChI is InChI=1S/C24H15F3N4O/c25-24(26,27)21-7-2-1-6-20(21)17-8-10-18(11-9-17)30-23(32)22-12-13-29-31(22)19-5-3-4-16(14-19)15-28/h1-14H,(H,30,32). The summed E-state index contributed by atoms with van der Waals surface area (Å²) in [5.41, 5.74) is 1.37. The number of hydrogen-bond acceptors (Lipinski definition) is 3. The molecule has 0 aliphatic rings. The normalized spacial score (nSPS) is 11.1. The van der Waals surface area contributed by atoms with E-state index in [-0.39, 0.29) is 11.3 Å². The lowest BCUT2D eigenvalue weighted by molar-refractivity contribution is -0.137. The molecule has 158 valence electrons. The van der Waals surface area contributed by atoms with Crippen LogP contribution in [0.4, 0.5) is 18.9 Å². The van der Waals surface area contributed by atoms with Crippen LogP contribution in [-0.4, -0.2) is 15.7 Å². The van der Waals surface area contributed by atoms with Crippen LogP contribution in [0, 0.1) is 11.3 Å². The lowest BCUT2D eigenvalue weighted by Crippen LogP contribution is -2.17. The fraction of sp³-hybridized carbons (Fsp3) is 0.0417. The van der Waals surface area contributed by atoms with Gasteiger partial charge in [-0.15, -0.1) is 0 Å². The summed E-state index contributed by atoms with van der Waals surface area (Å²) in [7, 11) is 0. The van der Waals surface area contributed by atoms with Gasteiger partial charge in [0.25, 0.3) is 5.91 Å². The number of nitrogens with zero attached hydrogens (tertiary/aromatic N) is 3. The number of nitriles is 1. The van der Waals surface area contributed by atoms with Crippen molar-refractivity contribution in [2.24, 2.45) is 0 Å². The third-order valence-electron chi connectivity index (χ3n) is 4.78. The third kappa shape index (κ3) is 4.23. The molecule has 32 heavy (non-hydrogen) atoms. The van der Waals surface area contributed by atoms with Gasteiger partial charge < -0.3 is 5.32 Å². The SMILES string of the molecule is N#Cc1cccc(-n2nccc2C(=O)Nc2ccc(-c3ccccc3C(F)(F)F)cc2)c1. The number of anilines is 1. The molecular weight excluding hydrogens is 417 g/mol. The van der Waals surface area contributed by atoms with Crippen molar-refractivity contribution in [1.82, 2.24) is 9.78 Å². The lowest BCUT2D eigenvalue weighted by atomic mass is 9.99. The zero-order valence-corrected chi connectivity index (χ0v) is 16.5. The molecule has 0 atom stereocenters. The van der Waals surface area contributed by atoms with Gasteiger partial charge in [0.15, 0.2) is 0 Å². The fourth-order valence-corrected chi connectivity index (χ4v) is 3.30. The Morgan fingerprint density at radius 3 is 2.44 bits per heavy atom. The van der Waals surface area contributed by atoms with Gasteiger partial charge in [-0.1, -0.05) is 36.4 Å². The molecule has 4 aromatic rings. The number of aromatic nitrogens is 2. The third-order valence-corrected chi connectivity index (χ3v) is 4.78. The molecule has 0 aliphatic carbocycles. The number of nitrogens with one attached hydrogen (secondary N) is 1. The van der Waals surface area contributed by atoms with Crippen molar-refractivity contribution in [3.05, 3.63) is 102 Å². The summed E-state index contributed by atoms with van der Waals surface area (Å²) in [6.45, 7) is 0. The number of carbonyl (C=O) groups excluding carboxylic acids is 1. The molecule has 0 unspecified atom stereocenters. The van der Waals surface area contributed by atoms with Crippen molar-refractivity contribution >= 4 is 11.6 Å². The Bertz CT molecular complexity index is 1320. The summed E-state index contributed by atoms with van der Waals surface area (Å²) in [5, 5.41) is 15.9.